The average molecular weight is 272 g/mol. The molecule has 0 saturated carbocycles. The van der Waals surface area contributed by atoms with Crippen molar-refractivity contribution in [2.75, 3.05) is 52.5 Å². The number of hydrogen-bond donors (Lipinski definition) is 0. The number of nitrogens with zero attached hydrogens (tertiary/aromatic N) is 2. The molecule has 1 aliphatic rings. The van der Waals surface area contributed by atoms with Crippen molar-refractivity contribution in [2.24, 2.45) is 0 Å². The van der Waals surface area contributed by atoms with Gasteiger partial charge in [0.15, 0.2) is 0 Å². The first-order valence-corrected chi connectivity index (χ1v) is 6.91. The Labute approximate surface area is 114 Å². The van der Waals surface area contributed by atoms with Gasteiger partial charge < -0.3 is 9.47 Å². The molecule has 0 spiro atoms. The predicted octanol–water partition coefficient (Wildman–Crippen LogP) is 0.120. The second kappa shape index (κ2) is 8.87. The van der Waals surface area contributed by atoms with Gasteiger partial charge in [0.2, 0.25) is 0 Å². The van der Waals surface area contributed by atoms with Crippen molar-refractivity contribution >= 4 is 11.9 Å². The first kappa shape index (κ1) is 15.9. The zero-order chi connectivity index (χ0) is 14.1. The Morgan fingerprint density at radius 3 is 1.63 bits per heavy atom. The van der Waals surface area contributed by atoms with Gasteiger partial charge in [-0.1, -0.05) is 0 Å². The van der Waals surface area contributed by atoms with Crippen LogP contribution >= 0.6 is 0 Å². The van der Waals surface area contributed by atoms with Crippen LogP contribution in [-0.2, 0) is 19.1 Å². The van der Waals surface area contributed by atoms with Crippen LogP contribution in [0.1, 0.15) is 20.3 Å². The van der Waals surface area contributed by atoms with Crippen molar-refractivity contribution in [3.8, 4) is 0 Å². The molecule has 0 bridgehead atoms. The standard InChI is InChI=1S/C13H24N2O4/c1-3-18-12(16)10-14-6-5-7-15(9-8-14)11-13(17)19-4-2/h3-11H2,1-2H3. The van der Waals surface area contributed by atoms with Gasteiger partial charge in [-0.3, -0.25) is 19.4 Å². The molecule has 0 aromatic rings. The van der Waals surface area contributed by atoms with E-state index in [1.54, 1.807) is 13.8 Å². The van der Waals surface area contributed by atoms with Gasteiger partial charge in [0.1, 0.15) is 0 Å². The van der Waals surface area contributed by atoms with Crippen molar-refractivity contribution in [3.63, 3.8) is 0 Å². The fourth-order valence-electron chi connectivity index (χ4n) is 2.12. The normalized spacial score (nSPS) is 17.8. The third kappa shape index (κ3) is 6.54. The van der Waals surface area contributed by atoms with Gasteiger partial charge >= 0.3 is 11.9 Å². The molecule has 1 heterocycles. The summed E-state index contributed by atoms with van der Waals surface area (Å²) in [7, 11) is 0. The van der Waals surface area contributed by atoms with Crippen LogP contribution in [0.15, 0.2) is 0 Å². The largest absolute Gasteiger partial charge is 0.465 e. The van der Waals surface area contributed by atoms with Gasteiger partial charge in [-0.05, 0) is 20.3 Å². The fraction of sp³-hybridized carbons (Fsp3) is 0.846. The molecule has 6 nitrogen and oxygen atoms in total. The number of esters is 2. The summed E-state index contributed by atoms with van der Waals surface area (Å²) < 4.78 is 9.88. The van der Waals surface area contributed by atoms with E-state index in [0.717, 1.165) is 32.6 Å². The van der Waals surface area contributed by atoms with E-state index in [1.807, 2.05) is 0 Å². The van der Waals surface area contributed by atoms with Crippen LogP contribution in [0.4, 0.5) is 0 Å². The van der Waals surface area contributed by atoms with E-state index in [0.29, 0.717) is 26.3 Å². The summed E-state index contributed by atoms with van der Waals surface area (Å²) in [4.78, 5) is 27.0. The Kier molecular flexibility index (Phi) is 7.43. The van der Waals surface area contributed by atoms with Crippen LogP contribution in [0.2, 0.25) is 0 Å². The molecule has 6 heteroatoms. The summed E-state index contributed by atoms with van der Waals surface area (Å²) in [5.74, 6) is -0.359. The van der Waals surface area contributed by atoms with E-state index >= 15 is 0 Å². The third-order valence-electron chi connectivity index (χ3n) is 3.00. The molecule has 0 aromatic carbocycles. The van der Waals surface area contributed by atoms with Crippen LogP contribution in [0.3, 0.4) is 0 Å². The minimum Gasteiger partial charge on any atom is -0.465 e. The fourth-order valence-corrected chi connectivity index (χ4v) is 2.12. The Morgan fingerprint density at radius 1 is 0.842 bits per heavy atom. The lowest BCUT2D eigenvalue weighted by Crippen LogP contribution is -2.36. The van der Waals surface area contributed by atoms with E-state index in [-0.39, 0.29) is 11.9 Å². The summed E-state index contributed by atoms with van der Waals surface area (Å²) >= 11 is 0. The maximum atomic E-state index is 11.4. The smallest absolute Gasteiger partial charge is 0.320 e. The average Bonchev–Trinajstić information content (AvgIpc) is 2.55. The first-order valence-electron chi connectivity index (χ1n) is 6.91. The number of hydrogen-bond acceptors (Lipinski definition) is 6. The molecule has 0 radical (unpaired) electrons. The molecular weight excluding hydrogens is 248 g/mol. The molecule has 0 aromatic heterocycles. The second-order valence-electron chi connectivity index (χ2n) is 4.52. The Morgan fingerprint density at radius 2 is 1.26 bits per heavy atom. The number of ether oxygens (including phenoxy) is 2. The molecule has 1 rings (SSSR count). The zero-order valence-corrected chi connectivity index (χ0v) is 11.9. The highest BCUT2D eigenvalue weighted by atomic mass is 16.5. The molecule has 110 valence electrons. The monoisotopic (exact) mass is 272 g/mol. The number of carbonyl (C=O) groups excluding carboxylic acids is 2. The first-order chi connectivity index (χ1) is 9.15. The van der Waals surface area contributed by atoms with E-state index in [9.17, 15) is 9.59 Å². The van der Waals surface area contributed by atoms with Crippen LogP contribution in [0, 0.1) is 0 Å². The maximum Gasteiger partial charge on any atom is 0.320 e. The van der Waals surface area contributed by atoms with Crippen molar-refractivity contribution in [2.45, 2.75) is 20.3 Å². The molecule has 0 atom stereocenters. The van der Waals surface area contributed by atoms with Crippen LogP contribution < -0.4 is 0 Å². The van der Waals surface area contributed by atoms with Gasteiger partial charge in [0, 0.05) is 26.2 Å². The SMILES string of the molecule is CCOC(=O)CN1CCCN(CC(=O)OCC)CC1. The van der Waals surface area contributed by atoms with Crippen molar-refractivity contribution in [3.05, 3.63) is 0 Å². The molecule has 0 unspecified atom stereocenters. The Bertz CT molecular complexity index is 268. The van der Waals surface area contributed by atoms with Gasteiger partial charge in [-0.15, -0.1) is 0 Å². The van der Waals surface area contributed by atoms with Gasteiger partial charge in [-0.2, -0.15) is 0 Å². The van der Waals surface area contributed by atoms with Gasteiger partial charge in [0.05, 0.1) is 26.3 Å². The Balaban J connectivity index is 2.30. The minimum atomic E-state index is -0.179. The highest BCUT2D eigenvalue weighted by molar-refractivity contribution is 5.72. The lowest BCUT2D eigenvalue weighted by Gasteiger charge is -2.20. The topological polar surface area (TPSA) is 59.1 Å². The lowest BCUT2D eigenvalue weighted by atomic mass is 10.4. The highest BCUT2D eigenvalue weighted by Gasteiger charge is 2.19. The van der Waals surface area contributed by atoms with Gasteiger partial charge in [0.25, 0.3) is 0 Å². The Hall–Kier alpha value is -1.14. The van der Waals surface area contributed by atoms with Crippen molar-refractivity contribution in [1.29, 1.82) is 0 Å². The third-order valence-corrected chi connectivity index (χ3v) is 3.00. The number of rotatable bonds is 6. The van der Waals surface area contributed by atoms with Crippen molar-refractivity contribution < 1.29 is 19.1 Å². The molecule has 0 N–H and O–H groups in total. The number of carbonyl (C=O) groups is 2. The molecule has 1 saturated heterocycles. The summed E-state index contributed by atoms with van der Waals surface area (Å²) in [6.45, 7) is 8.39. The molecule has 0 amide bonds. The molecule has 1 aliphatic heterocycles. The predicted molar refractivity (Wildman–Crippen MR) is 70.8 cm³/mol. The summed E-state index contributed by atoms with van der Waals surface area (Å²) in [5.41, 5.74) is 0. The molecule has 0 aliphatic carbocycles. The molecular formula is C13H24N2O4. The molecule has 1 fully saturated rings. The van der Waals surface area contributed by atoms with E-state index < -0.39 is 0 Å². The van der Waals surface area contributed by atoms with Crippen LogP contribution in [-0.4, -0.2) is 74.2 Å². The van der Waals surface area contributed by atoms with Crippen LogP contribution in [0.5, 0.6) is 0 Å². The zero-order valence-electron chi connectivity index (χ0n) is 11.9. The van der Waals surface area contributed by atoms with E-state index in [2.05, 4.69) is 9.80 Å². The highest BCUT2D eigenvalue weighted by Crippen LogP contribution is 2.03. The maximum absolute atomic E-state index is 11.4. The summed E-state index contributed by atoms with van der Waals surface area (Å²) in [6, 6.07) is 0. The summed E-state index contributed by atoms with van der Waals surface area (Å²) in [6.07, 6.45) is 0.943. The second-order valence-corrected chi connectivity index (χ2v) is 4.52. The van der Waals surface area contributed by atoms with E-state index in [4.69, 9.17) is 9.47 Å². The van der Waals surface area contributed by atoms with Crippen molar-refractivity contribution in [1.82, 2.24) is 9.80 Å². The summed E-state index contributed by atoms with van der Waals surface area (Å²) in [5, 5.41) is 0. The molecule has 19 heavy (non-hydrogen) atoms. The van der Waals surface area contributed by atoms with E-state index in [1.165, 1.54) is 0 Å². The minimum absolute atomic E-state index is 0.179. The van der Waals surface area contributed by atoms with Crippen LogP contribution in [0.25, 0.3) is 0 Å². The van der Waals surface area contributed by atoms with Gasteiger partial charge in [-0.25, -0.2) is 0 Å². The lowest BCUT2D eigenvalue weighted by molar-refractivity contribution is -0.145. The quantitative estimate of drug-likeness (QED) is 0.640.